The highest BCUT2D eigenvalue weighted by Gasteiger charge is 2.23. The molecular weight excluding hydrogens is 315 g/mol. The number of morpholine rings is 1. The molecule has 1 aromatic carbocycles. The molecule has 1 atom stereocenters. The zero-order valence-electron chi connectivity index (χ0n) is 12.0. The van der Waals surface area contributed by atoms with Crippen molar-refractivity contribution in [3.05, 3.63) is 23.2 Å². The molecule has 2 N–H and O–H groups in total. The van der Waals surface area contributed by atoms with Crippen molar-refractivity contribution in [2.75, 3.05) is 25.0 Å². The summed E-state index contributed by atoms with van der Waals surface area (Å²) in [5.74, 6) is 0.286. The van der Waals surface area contributed by atoms with Gasteiger partial charge >= 0.3 is 0 Å². The van der Waals surface area contributed by atoms with Crippen LogP contribution in [-0.4, -0.2) is 37.8 Å². The number of hydrogen-bond donors (Lipinski definition) is 2. The Hall–Kier alpha value is -1.01. The van der Waals surface area contributed by atoms with Crippen molar-refractivity contribution >= 4 is 35.6 Å². The molecule has 0 radical (unpaired) electrons. The second-order valence-electron chi connectivity index (χ2n) is 4.84. The van der Waals surface area contributed by atoms with Crippen LogP contribution in [0.3, 0.4) is 0 Å². The number of hydrogen-bond acceptors (Lipinski definition) is 4. The van der Waals surface area contributed by atoms with Gasteiger partial charge in [0, 0.05) is 13.1 Å². The lowest BCUT2D eigenvalue weighted by molar-refractivity contribution is -0.128. The molecule has 1 aliphatic heterocycles. The number of para-hydroxylation sites is 1. The predicted octanol–water partition coefficient (Wildman–Crippen LogP) is 2.48. The van der Waals surface area contributed by atoms with Crippen LogP contribution < -0.4 is 15.4 Å². The van der Waals surface area contributed by atoms with E-state index < -0.39 is 6.10 Å². The fourth-order valence-electron chi connectivity index (χ4n) is 1.91. The summed E-state index contributed by atoms with van der Waals surface area (Å²) in [5, 5.41) is 6.40. The van der Waals surface area contributed by atoms with Crippen LogP contribution in [0.1, 0.15) is 13.8 Å². The van der Waals surface area contributed by atoms with Crippen LogP contribution >= 0.6 is 24.0 Å². The molecule has 1 unspecified atom stereocenters. The third kappa shape index (κ3) is 5.04. The highest BCUT2D eigenvalue weighted by atomic mass is 35.5. The van der Waals surface area contributed by atoms with Gasteiger partial charge in [-0.05, 0) is 26.0 Å². The van der Waals surface area contributed by atoms with E-state index in [-0.39, 0.29) is 24.4 Å². The Balaban J connectivity index is 0.00000220. The summed E-state index contributed by atoms with van der Waals surface area (Å²) in [6, 6.07) is 5.26. The van der Waals surface area contributed by atoms with Crippen molar-refractivity contribution in [1.82, 2.24) is 5.32 Å². The SMILES string of the molecule is CC(C)Oc1c(Cl)cccc1NC(=O)C1CNCCO1.Cl. The zero-order chi connectivity index (χ0) is 14.5. The third-order valence-corrected chi connectivity index (χ3v) is 3.10. The summed E-state index contributed by atoms with van der Waals surface area (Å²) in [5.41, 5.74) is 0.561. The van der Waals surface area contributed by atoms with Crippen LogP contribution in [0.25, 0.3) is 0 Å². The number of nitrogens with one attached hydrogen (secondary N) is 2. The summed E-state index contributed by atoms with van der Waals surface area (Å²) in [7, 11) is 0. The monoisotopic (exact) mass is 334 g/mol. The molecule has 1 amide bonds. The Kier molecular flexibility index (Phi) is 7.25. The fraction of sp³-hybridized carbons (Fsp3) is 0.500. The molecule has 7 heteroatoms. The Morgan fingerprint density at radius 3 is 2.90 bits per heavy atom. The lowest BCUT2D eigenvalue weighted by Crippen LogP contribution is -2.45. The molecule has 0 bridgehead atoms. The average molecular weight is 335 g/mol. The Labute approximate surface area is 135 Å². The molecule has 1 heterocycles. The summed E-state index contributed by atoms with van der Waals surface area (Å²) in [6.45, 7) is 5.62. The molecule has 1 saturated heterocycles. The van der Waals surface area contributed by atoms with Crippen LogP contribution in [-0.2, 0) is 9.53 Å². The van der Waals surface area contributed by atoms with Gasteiger partial charge in [0.25, 0.3) is 5.91 Å². The summed E-state index contributed by atoms with van der Waals surface area (Å²) in [4.78, 5) is 12.1. The molecule has 1 aromatic rings. The summed E-state index contributed by atoms with van der Waals surface area (Å²) in [6.07, 6.45) is -0.521. The molecule has 0 spiro atoms. The number of carbonyl (C=O) groups excluding carboxylic acids is 1. The van der Waals surface area contributed by atoms with Crippen LogP contribution in [0, 0.1) is 0 Å². The van der Waals surface area contributed by atoms with Crippen LogP contribution in [0.15, 0.2) is 18.2 Å². The minimum Gasteiger partial charge on any atom is -0.487 e. The maximum atomic E-state index is 12.1. The second-order valence-corrected chi connectivity index (χ2v) is 5.24. The van der Waals surface area contributed by atoms with Gasteiger partial charge in [-0.25, -0.2) is 0 Å². The van der Waals surface area contributed by atoms with E-state index in [4.69, 9.17) is 21.1 Å². The van der Waals surface area contributed by atoms with Gasteiger partial charge in [-0.1, -0.05) is 17.7 Å². The number of ether oxygens (including phenoxy) is 2. The van der Waals surface area contributed by atoms with Crippen LogP contribution in [0.5, 0.6) is 5.75 Å². The first-order chi connectivity index (χ1) is 9.58. The highest BCUT2D eigenvalue weighted by molar-refractivity contribution is 6.32. The average Bonchev–Trinajstić information content (AvgIpc) is 2.43. The van der Waals surface area contributed by atoms with Gasteiger partial charge in [0.15, 0.2) is 5.75 Å². The van der Waals surface area contributed by atoms with E-state index in [1.54, 1.807) is 18.2 Å². The lowest BCUT2D eigenvalue weighted by Gasteiger charge is -2.23. The second kappa shape index (κ2) is 8.44. The van der Waals surface area contributed by atoms with E-state index in [0.29, 0.717) is 29.6 Å². The summed E-state index contributed by atoms with van der Waals surface area (Å²) >= 11 is 6.12. The minimum atomic E-state index is -0.491. The molecule has 1 aliphatic rings. The van der Waals surface area contributed by atoms with Crippen molar-refractivity contribution < 1.29 is 14.3 Å². The number of anilines is 1. The van der Waals surface area contributed by atoms with E-state index in [9.17, 15) is 4.79 Å². The smallest absolute Gasteiger partial charge is 0.254 e. The molecule has 0 aromatic heterocycles. The van der Waals surface area contributed by atoms with E-state index in [2.05, 4.69) is 10.6 Å². The number of rotatable bonds is 4. The quantitative estimate of drug-likeness (QED) is 0.888. The predicted molar refractivity (Wildman–Crippen MR) is 85.7 cm³/mol. The van der Waals surface area contributed by atoms with E-state index in [1.165, 1.54) is 0 Å². The third-order valence-electron chi connectivity index (χ3n) is 2.80. The van der Waals surface area contributed by atoms with Crippen LogP contribution in [0.4, 0.5) is 5.69 Å². The number of carbonyl (C=O) groups is 1. The van der Waals surface area contributed by atoms with Crippen molar-refractivity contribution in [3.63, 3.8) is 0 Å². The van der Waals surface area contributed by atoms with Gasteiger partial charge < -0.3 is 20.1 Å². The largest absolute Gasteiger partial charge is 0.487 e. The van der Waals surface area contributed by atoms with Crippen molar-refractivity contribution in [1.29, 1.82) is 0 Å². The Morgan fingerprint density at radius 1 is 1.52 bits per heavy atom. The molecule has 1 fully saturated rings. The highest BCUT2D eigenvalue weighted by Crippen LogP contribution is 2.33. The fourth-order valence-corrected chi connectivity index (χ4v) is 2.13. The van der Waals surface area contributed by atoms with E-state index >= 15 is 0 Å². The molecule has 5 nitrogen and oxygen atoms in total. The summed E-state index contributed by atoms with van der Waals surface area (Å²) < 4.78 is 11.1. The number of halogens is 2. The van der Waals surface area contributed by atoms with Crippen molar-refractivity contribution in [3.8, 4) is 5.75 Å². The van der Waals surface area contributed by atoms with E-state index in [0.717, 1.165) is 6.54 Å². The standard InChI is InChI=1S/C14H19ClN2O3.ClH/c1-9(2)20-13-10(15)4-3-5-11(13)17-14(18)12-8-16-6-7-19-12;/h3-5,9,12,16H,6-8H2,1-2H3,(H,17,18);1H. The van der Waals surface area contributed by atoms with Gasteiger partial charge in [0.1, 0.15) is 6.10 Å². The molecule has 0 saturated carbocycles. The van der Waals surface area contributed by atoms with Gasteiger partial charge in [0.05, 0.1) is 23.4 Å². The minimum absolute atomic E-state index is 0. The normalized spacial score (nSPS) is 18.0. The van der Waals surface area contributed by atoms with Crippen molar-refractivity contribution in [2.24, 2.45) is 0 Å². The first kappa shape index (κ1) is 18.0. The van der Waals surface area contributed by atoms with Gasteiger partial charge in [-0.2, -0.15) is 0 Å². The van der Waals surface area contributed by atoms with Crippen molar-refractivity contribution in [2.45, 2.75) is 26.1 Å². The van der Waals surface area contributed by atoms with Gasteiger partial charge in [-0.15, -0.1) is 12.4 Å². The lowest BCUT2D eigenvalue weighted by atomic mass is 10.2. The molecule has 2 rings (SSSR count). The number of benzene rings is 1. The first-order valence-corrected chi connectivity index (χ1v) is 7.04. The maximum Gasteiger partial charge on any atom is 0.254 e. The number of amides is 1. The topological polar surface area (TPSA) is 59.6 Å². The molecule has 0 aliphatic carbocycles. The molecular formula is C14H20Cl2N2O3. The Morgan fingerprint density at radius 2 is 2.29 bits per heavy atom. The van der Waals surface area contributed by atoms with Gasteiger partial charge in [-0.3, -0.25) is 4.79 Å². The molecule has 118 valence electrons. The van der Waals surface area contributed by atoms with Crippen LogP contribution in [0.2, 0.25) is 5.02 Å². The Bertz CT molecular complexity index is 477. The first-order valence-electron chi connectivity index (χ1n) is 6.66. The van der Waals surface area contributed by atoms with E-state index in [1.807, 2.05) is 13.8 Å². The zero-order valence-corrected chi connectivity index (χ0v) is 13.6. The molecule has 21 heavy (non-hydrogen) atoms. The van der Waals surface area contributed by atoms with Gasteiger partial charge in [0.2, 0.25) is 0 Å². The maximum absolute atomic E-state index is 12.1.